The van der Waals surface area contributed by atoms with Gasteiger partial charge in [-0.25, -0.2) is 0 Å². The molecule has 1 amide bonds. The molecule has 27 heavy (non-hydrogen) atoms. The average molecular weight is 381 g/mol. The lowest BCUT2D eigenvalue weighted by Crippen LogP contribution is -2.43. The second kappa shape index (κ2) is 6.75. The van der Waals surface area contributed by atoms with Crippen molar-refractivity contribution in [3.05, 3.63) is 46.1 Å². The van der Waals surface area contributed by atoms with Crippen LogP contribution in [-0.2, 0) is 6.42 Å². The summed E-state index contributed by atoms with van der Waals surface area (Å²) in [7, 11) is 0. The van der Waals surface area contributed by atoms with Gasteiger partial charge in [-0.3, -0.25) is 4.79 Å². The van der Waals surface area contributed by atoms with Gasteiger partial charge < -0.3 is 9.88 Å². The van der Waals surface area contributed by atoms with Crippen LogP contribution in [0, 0.1) is 12.8 Å². The number of aromatic amines is 1. The van der Waals surface area contributed by atoms with Crippen molar-refractivity contribution in [1.29, 1.82) is 0 Å². The van der Waals surface area contributed by atoms with Gasteiger partial charge in [-0.05, 0) is 55.3 Å². The Labute approximate surface area is 162 Å². The molecule has 1 aliphatic heterocycles. The summed E-state index contributed by atoms with van der Waals surface area (Å²) in [6, 6.07) is 8.67. The number of rotatable bonds is 2. The van der Waals surface area contributed by atoms with Crippen LogP contribution in [0.3, 0.4) is 0 Å². The van der Waals surface area contributed by atoms with Crippen LogP contribution in [0.5, 0.6) is 0 Å². The van der Waals surface area contributed by atoms with Crippen LogP contribution >= 0.6 is 11.5 Å². The van der Waals surface area contributed by atoms with Crippen LogP contribution in [0.4, 0.5) is 0 Å². The second-order valence-electron chi connectivity index (χ2n) is 7.84. The molecule has 1 unspecified atom stereocenters. The molecule has 2 aromatic heterocycles. The molecule has 1 saturated carbocycles. The van der Waals surface area contributed by atoms with E-state index in [1.807, 2.05) is 6.92 Å². The zero-order valence-electron chi connectivity index (χ0n) is 15.6. The van der Waals surface area contributed by atoms with Crippen molar-refractivity contribution in [2.24, 2.45) is 5.92 Å². The minimum atomic E-state index is 0.0994. The van der Waals surface area contributed by atoms with E-state index in [0.29, 0.717) is 10.8 Å². The minimum Gasteiger partial charge on any atom is -0.356 e. The van der Waals surface area contributed by atoms with Crippen molar-refractivity contribution in [1.82, 2.24) is 19.5 Å². The number of nitrogens with one attached hydrogen (secondary N) is 1. The van der Waals surface area contributed by atoms with E-state index >= 15 is 0 Å². The zero-order chi connectivity index (χ0) is 18.4. The molecular formula is C21H24N4OS. The molecule has 5 nitrogen and oxygen atoms in total. The van der Waals surface area contributed by atoms with E-state index < -0.39 is 0 Å². The van der Waals surface area contributed by atoms with E-state index in [2.05, 4.69) is 43.7 Å². The number of H-pyrrole nitrogens is 1. The average Bonchev–Trinajstić information content (AvgIpc) is 3.30. The topological polar surface area (TPSA) is 61.9 Å². The largest absolute Gasteiger partial charge is 0.356 e. The Morgan fingerprint density at radius 3 is 2.81 bits per heavy atom. The first-order valence-corrected chi connectivity index (χ1v) is 10.7. The maximum atomic E-state index is 13.4. The van der Waals surface area contributed by atoms with Crippen molar-refractivity contribution in [2.45, 2.75) is 51.5 Å². The number of benzene rings is 1. The summed E-state index contributed by atoms with van der Waals surface area (Å²) in [6.07, 6.45) is 7.14. The number of nitrogens with zero attached hydrogens (tertiary/aromatic N) is 3. The molecule has 2 aliphatic rings. The van der Waals surface area contributed by atoms with Crippen molar-refractivity contribution < 1.29 is 4.79 Å². The van der Waals surface area contributed by atoms with Crippen molar-refractivity contribution in [3.8, 4) is 0 Å². The van der Waals surface area contributed by atoms with Crippen molar-refractivity contribution >= 4 is 28.3 Å². The first kappa shape index (κ1) is 16.9. The van der Waals surface area contributed by atoms with Gasteiger partial charge in [-0.1, -0.05) is 41.9 Å². The third-order valence-electron chi connectivity index (χ3n) is 6.28. The van der Waals surface area contributed by atoms with Crippen molar-refractivity contribution in [2.75, 3.05) is 6.54 Å². The lowest BCUT2D eigenvalue weighted by atomic mass is 9.79. The predicted octanol–water partition coefficient (Wildman–Crippen LogP) is 4.65. The van der Waals surface area contributed by atoms with E-state index in [9.17, 15) is 4.79 Å². The Hall–Kier alpha value is -2.21. The highest BCUT2D eigenvalue weighted by molar-refractivity contribution is 7.07. The number of aryl methyl sites for hydroxylation is 1. The van der Waals surface area contributed by atoms with Crippen molar-refractivity contribution in [3.63, 3.8) is 0 Å². The molecule has 140 valence electrons. The molecule has 3 heterocycles. The predicted molar refractivity (Wildman–Crippen MR) is 107 cm³/mol. The normalized spacial score (nSPS) is 20.8. The van der Waals surface area contributed by atoms with E-state index in [1.54, 1.807) is 0 Å². The Morgan fingerprint density at radius 2 is 2.04 bits per heavy atom. The number of fused-ring (bicyclic) bond motifs is 3. The molecule has 1 aromatic carbocycles. The minimum absolute atomic E-state index is 0.0994. The summed E-state index contributed by atoms with van der Waals surface area (Å²) in [5.74, 6) is 0.623. The van der Waals surface area contributed by atoms with Gasteiger partial charge in [0.25, 0.3) is 5.91 Å². The highest BCUT2D eigenvalue weighted by Gasteiger charge is 2.39. The van der Waals surface area contributed by atoms with Gasteiger partial charge in [0.1, 0.15) is 4.88 Å². The van der Waals surface area contributed by atoms with Gasteiger partial charge in [0, 0.05) is 23.1 Å². The molecule has 5 rings (SSSR count). The molecule has 3 aromatic rings. The summed E-state index contributed by atoms with van der Waals surface area (Å²) < 4.78 is 3.99. The Balaban J connectivity index is 1.61. The standard InChI is InChI=1S/C21H24N4OS/c1-13-20(27-24-23-13)21(26)25-12-11-16-15-9-5-6-10-17(15)22-18(16)19(25)14-7-3-2-4-8-14/h5-6,9-10,14,19,22H,2-4,7-8,11-12H2,1H3. The first-order valence-electron chi connectivity index (χ1n) is 9.93. The lowest BCUT2D eigenvalue weighted by Gasteiger charge is -2.41. The molecule has 6 heteroatoms. The third-order valence-corrected chi connectivity index (χ3v) is 7.10. The molecule has 0 radical (unpaired) electrons. The Morgan fingerprint density at radius 1 is 1.22 bits per heavy atom. The number of amides is 1. The van der Waals surface area contributed by atoms with Gasteiger partial charge in [0.05, 0.1) is 11.7 Å². The van der Waals surface area contributed by atoms with Crippen LogP contribution in [-0.4, -0.2) is 31.9 Å². The number of carbonyl (C=O) groups excluding carboxylic acids is 1. The molecule has 1 aliphatic carbocycles. The van der Waals surface area contributed by atoms with Gasteiger partial charge in [-0.2, -0.15) is 0 Å². The molecule has 0 spiro atoms. The molecule has 0 saturated heterocycles. The van der Waals surface area contributed by atoms with E-state index in [-0.39, 0.29) is 11.9 Å². The third kappa shape index (κ3) is 2.78. The fourth-order valence-electron chi connectivity index (χ4n) is 5.00. The number of hydrogen-bond donors (Lipinski definition) is 1. The highest BCUT2D eigenvalue weighted by atomic mass is 32.1. The number of para-hydroxylation sites is 1. The summed E-state index contributed by atoms with van der Waals surface area (Å²) in [5, 5.41) is 5.38. The van der Waals surface area contributed by atoms with Gasteiger partial charge >= 0.3 is 0 Å². The number of aromatic nitrogens is 3. The highest BCUT2D eigenvalue weighted by Crippen LogP contribution is 2.44. The van der Waals surface area contributed by atoms with E-state index in [1.165, 1.54) is 65.8 Å². The van der Waals surface area contributed by atoms with Crippen LogP contribution < -0.4 is 0 Å². The SMILES string of the molecule is Cc1nnsc1C(=O)N1CCc2c([nH]c3ccccc23)C1C1CCCCC1. The number of hydrogen-bond acceptors (Lipinski definition) is 4. The zero-order valence-corrected chi connectivity index (χ0v) is 16.4. The first-order chi connectivity index (χ1) is 13.2. The second-order valence-corrected chi connectivity index (χ2v) is 8.60. The summed E-state index contributed by atoms with van der Waals surface area (Å²) in [6.45, 7) is 2.65. The van der Waals surface area contributed by atoms with Gasteiger partial charge in [0.15, 0.2) is 0 Å². The van der Waals surface area contributed by atoms with E-state index in [4.69, 9.17) is 0 Å². The fourth-order valence-corrected chi connectivity index (χ4v) is 5.61. The van der Waals surface area contributed by atoms with Crippen LogP contribution in [0.1, 0.15) is 64.8 Å². The van der Waals surface area contributed by atoms with Crippen LogP contribution in [0.25, 0.3) is 10.9 Å². The summed E-state index contributed by atoms with van der Waals surface area (Å²) >= 11 is 1.22. The van der Waals surface area contributed by atoms with E-state index in [0.717, 1.165) is 18.7 Å². The summed E-state index contributed by atoms with van der Waals surface area (Å²) in [5.41, 5.74) is 4.60. The van der Waals surface area contributed by atoms with Crippen LogP contribution in [0.2, 0.25) is 0 Å². The Kier molecular flexibility index (Phi) is 4.23. The molecule has 1 fully saturated rings. The fraction of sp³-hybridized carbons (Fsp3) is 0.476. The monoisotopic (exact) mass is 380 g/mol. The van der Waals surface area contributed by atoms with Crippen LogP contribution in [0.15, 0.2) is 24.3 Å². The quantitative estimate of drug-likeness (QED) is 0.704. The van der Waals surface area contributed by atoms with Gasteiger partial charge in [0.2, 0.25) is 0 Å². The smallest absolute Gasteiger partial charge is 0.268 e. The Bertz CT molecular complexity index is 985. The lowest BCUT2D eigenvalue weighted by molar-refractivity contribution is 0.0537. The molecule has 0 bridgehead atoms. The van der Waals surface area contributed by atoms with Gasteiger partial charge in [-0.15, -0.1) is 5.10 Å². The molecular weight excluding hydrogens is 356 g/mol. The number of carbonyl (C=O) groups is 1. The molecule has 1 N–H and O–H groups in total. The molecule has 1 atom stereocenters. The summed E-state index contributed by atoms with van der Waals surface area (Å²) in [4.78, 5) is 19.9. The maximum absolute atomic E-state index is 13.4. The maximum Gasteiger partial charge on any atom is 0.268 e.